The summed E-state index contributed by atoms with van der Waals surface area (Å²) in [6.07, 6.45) is 0.467. The van der Waals surface area contributed by atoms with Gasteiger partial charge < -0.3 is 9.47 Å². The number of amides is 1. The normalized spacial score (nSPS) is 19.6. The maximum atomic E-state index is 11.7. The number of alkyl halides is 1. The van der Waals surface area contributed by atoms with Gasteiger partial charge in [0.1, 0.15) is 5.82 Å². The second kappa shape index (κ2) is 4.87. The minimum absolute atomic E-state index is 0.0229. The van der Waals surface area contributed by atoms with Crippen molar-refractivity contribution in [2.45, 2.75) is 11.2 Å². The number of aromatic nitrogens is 2. The van der Waals surface area contributed by atoms with Gasteiger partial charge in [-0.15, -0.1) is 0 Å². The van der Waals surface area contributed by atoms with E-state index in [1.54, 1.807) is 11.0 Å². The lowest BCUT2D eigenvalue weighted by Gasteiger charge is -2.15. The number of hydrogen-bond donors (Lipinski definition) is 0. The topological polar surface area (TPSA) is 64.5 Å². The molecule has 1 aromatic rings. The highest BCUT2D eigenvalue weighted by Gasteiger charge is 2.30. The number of anilines is 1. The van der Waals surface area contributed by atoms with E-state index in [9.17, 15) is 4.79 Å². The van der Waals surface area contributed by atoms with E-state index in [0.29, 0.717) is 24.7 Å². The fourth-order valence-electron chi connectivity index (χ4n) is 1.61. The smallest absolute Gasteiger partial charge is 0.321 e. The summed E-state index contributed by atoms with van der Waals surface area (Å²) >= 11 is 3.42. The third-order valence-corrected chi connectivity index (χ3v) is 3.03. The van der Waals surface area contributed by atoms with E-state index in [4.69, 9.17) is 9.47 Å². The maximum absolute atomic E-state index is 11.7. The quantitative estimate of drug-likeness (QED) is 0.779. The molecule has 92 valence electrons. The zero-order chi connectivity index (χ0) is 12.4. The van der Waals surface area contributed by atoms with Crippen LogP contribution in [0.5, 0.6) is 11.9 Å². The van der Waals surface area contributed by atoms with Gasteiger partial charge in [0.25, 0.3) is 0 Å². The van der Waals surface area contributed by atoms with Crippen molar-refractivity contribution in [1.82, 2.24) is 9.97 Å². The van der Waals surface area contributed by atoms with Gasteiger partial charge in [-0.25, -0.2) is 0 Å². The molecule has 1 atom stereocenters. The number of ether oxygens (including phenoxy) is 2. The molecule has 1 fully saturated rings. The van der Waals surface area contributed by atoms with Gasteiger partial charge in [-0.1, -0.05) is 15.9 Å². The van der Waals surface area contributed by atoms with Crippen molar-refractivity contribution >= 4 is 27.7 Å². The molecule has 0 saturated carbocycles. The molecule has 2 rings (SSSR count). The number of carbonyl (C=O) groups is 1. The second-order valence-corrected chi connectivity index (χ2v) is 4.86. The largest absolute Gasteiger partial charge is 0.481 e. The van der Waals surface area contributed by atoms with Crippen LogP contribution in [0.1, 0.15) is 6.42 Å². The molecule has 1 amide bonds. The average molecular weight is 302 g/mol. The van der Waals surface area contributed by atoms with E-state index in [1.807, 2.05) is 0 Å². The van der Waals surface area contributed by atoms with E-state index < -0.39 is 0 Å². The molecule has 1 unspecified atom stereocenters. The summed E-state index contributed by atoms with van der Waals surface area (Å²) in [6.45, 7) is 0.585. The van der Waals surface area contributed by atoms with Gasteiger partial charge in [0.2, 0.25) is 11.8 Å². The molecule has 1 saturated heterocycles. The van der Waals surface area contributed by atoms with Gasteiger partial charge in [-0.2, -0.15) is 9.97 Å². The Hall–Kier alpha value is -1.37. The van der Waals surface area contributed by atoms with Crippen LogP contribution in [0, 0.1) is 0 Å². The lowest BCUT2D eigenvalue weighted by molar-refractivity contribution is -0.117. The Morgan fingerprint density at radius 3 is 2.71 bits per heavy atom. The van der Waals surface area contributed by atoms with Crippen molar-refractivity contribution < 1.29 is 14.3 Å². The van der Waals surface area contributed by atoms with Crippen molar-refractivity contribution in [2.24, 2.45) is 0 Å². The highest BCUT2D eigenvalue weighted by Crippen LogP contribution is 2.27. The van der Waals surface area contributed by atoms with Gasteiger partial charge >= 0.3 is 6.01 Å². The fraction of sp³-hybridized carbons (Fsp3) is 0.500. The molecule has 0 spiro atoms. The molecule has 0 bridgehead atoms. The molecule has 2 heterocycles. The van der Waals surface area contributed by atoms with Crippen LogP contribution in [0.15, 0.2) is 6.07 Å². The first-order valence-corrected chi connectivity index (χ1v) is 5.97. The van der Waals surface area contributed by atoms with Crippen LogP contribution in [0.4, 0.5) is 5.82 Å². The van der Waals surface area contributed by atoms with E-state index >= 15 is 0 Å². The molecule has 0 aliphatic carbocycles. The lowest BCUT2D eigenvalue weighted by Crippen LogP contribution is -2.25. The third kappa shape index (κ3) is 2.49. The van der Waals surface area contributed by atoms with Gasteiger partial charge in [-0.05, 0) is 0 Å². The summed E-state index contributed by atoms with van der Waals surface area (Å²) in [6, 6.07) is 1.80. The Morgan fingerprint density at radius 1 is 1.41 bits per heavy atom. The number of nitrogens with zero attached hydrogens (tertiary/aromatic N) is 3. The Bertz CT molecular complexity index is 419. The predicted octanol–water partition coefficient (Wildman–Crippen LogP) is 0.994. The second-order valence-electron chi connectivity index (χ2n) is 3.56. The van der Waals surface area contributed by atoms with Crippen LogP contribution in [0.25, 0.3) is 0 Å². The molecular weight excluding hydrogens is 290 g/mol. The molecule has 1 aliphatic heterocycles. The molecule has 17 heavy (non-hydrogen) atoms. The Kier molecular flexibility index (Phi) is 3.46. The Morgan fingerprint density at radius 2 is 2.18 bits per heavy atom. The SMILES string of the molecule is COc1cc(N2CC(Br)CC2=O)nc(OC)n1. The minimum Gasteiger partial charge on any atom is -0.481 e. The number of rotatable bonds is 3. The van der Waals surface area contributed by atoms with Crippen molar-refractivity contribution in [3.63, 3.8) is 0 Å². The number of hydrogen-bond acceptors (Lipinski definition) is 5. The zero-order valence-electron chi connectivity index (χ0n) is 9.51. The third-order valence-electron chi connectivity index (χ3n) is 2.41. The molecule has 1 aliphatic rings. The molecule has 0 radical (unpaired) electrons. The zero-order valence-corrected chi connectivity index (χ0v) is 11.1. The van der Waals surface area contributed by atoms with Crippen LogP contribution >= 0.6 is 15.9 Å². The number of halogens is 1. The molecule has 6 nitrogen and oxygen atoms in total. The van der Waals surface area contributed by atoms with E-state index in [0.717, 1.165) is 0 Å². The van der Waals surface area contributed by atoms with Crippen LogP contribution in [0.2, 0.25) is 0 Å². The summed E-state index contributed by atoms with van der Waals surface area (Å²) < 4.78 is 10.0. The van der Waals surface area contributed by atoms with E-state index in [-0.39, 0.29) is 16.7 Å². The first-order valence-electron chi connectivity index (χ1n) is 5.05. The highest BCUT2D eigenvalue weighted by atomic mass is 79.9. The minimum atomic E-state index is 0.0229. The van der Waals surface area contributed by atoms with E-state index in [2.05, 4.69) is 25.9 Å². The summed E-state index contributed by atoms with van der Waals surface area (Å²) in [4.78, 5) is 21.6. The van der Waals surface area contributed by atoms with Crippen LogP contribution in [0.3, 0.4) is 0 Å². The van der Waals surface area contributed by atoms with Crippen molar-refractivity contribution in [3.8, 4) is 11.9 Å². The molecule has 0 N–H and O–H groups in total. The van der Waals surface area contributed by atoms with E-state index in [1.165, 1.54) is 14.2 Å². The van der Waals surface area contributed by atoms with Crippen molar-refractivity contribution in [3.05, 3.63) is 6.07 Å². The van der Waals surface area contributed by atoms with Gasteiger partial charge in [0.05, 0.1) is 14.2 Å². The van der Waals surface area contributed by atoms with Crippen molar-refractivity contribution in [1.29, 1.82) is 0 Å². The lowest BCUT2D eigenvalue weighted by atomic mass is 10.4. The summed E-state index contributed by atoms with van der Waals surface area (Å²) in [5.74, 6) is 0.896. The number of carbonyl (C=O) groups excluding carboxylic acids is 1. The Labute approximate surface area is 107 Å². The van der Waals surface area contributed by atoms with Crippen LogP contribution in [-0.4, -0.2) is 41.5 Å². The highest BCUT2D eigenvalue weighted by molar-refractivity contribution is 9.09. The standard InChI is InChI=1S/C10H12BrN3O3/c1-16-8-4-7(12-10(13-8)17-2)14-5-6(11)3-9(14)15/h4,6H,3,5H2,1-2H3. The molecule has 0 aromatic carbocycles. The Balaban J connectivity index is 2.34. The molecular formula is C10H12BrN3O3. The summed E-state index contributed by atoms with van der Waals surface area (Å²) in [5, 5.41) is 0. The summed E-state index contributed by atoms with van der Waals surface area (Å²) in [7, 11) is 2.97. The molecule has 1 aromatic heterocycles. The number of methoxy groups -OCH3 is 2. The average Bonchev–Trinajstić information content (AvgIpc) is 2.67. The first-order chi connectivity index (χ1) is 8.13. The monoisotopic (exact) mass is 301 g/mol. The maximum Gasteiger partial charge on any atom is 0.321 e. The van der Waals surface area contributed by atoms with Crippen LogP contribution < -0.4 is 14.4 Å². The van der Waals surface area contributed by atoms with Crippen LogP contribution in [-0.2, 0) is 4.79 Å². The van der Waals surface area contributed by atoms with Gasteiger partial charge in [-0.3, -0.25) is 9.69 Å². The first kappa shape index (κ1) is 12.1. The molecule has 7 heteroatoms. The summed E-state index contributed by atoms with van der Waals surface area (Å²) in [5.41, 5.74) is 0. The fourth-order valence-corrected chi connectivity index (χ4v) is 2.18. The van der Waals surface area contributed by atoms with Gasteiger partial charge in [0.15, 0.2) is 0 Å². The predicted molar refractivity (Wildman–Crippen MR) is 64.8 cm³/mol. The van der Waals surface area contributed by atoms with Gasteiger partial charge in [0, 0.05) is 23.9 Å². The van der Waals surface area contributed by atoms with Crippen molar-refractivity contribution in [2.75, 3.05) is 25.7 Å².